The number of hydrogen-bond acceptors (Lipinski definition) is 5. The highest BCUT2D eigenvalue weighted by molar-refractivity contribution is 5.39. The first kappa shape index (κ1) is 11.9. The maximum atomic E-state index is 5.49. The normalized spacial score (nSPS) is 11.4. The topological polar surface area (TPSA) is 56.3 Å². The molecule has 0 saturated heterocycles. The molecule has 5 heteroatoms. The summed E-state index contributed by atoms with van der Waals surface area (Å²) in [7, 11) is 0. The van der Waals surface area contributed by atoms with E-state index in [0.29, 0.717) is 13.2 Å². The van der Waals surface area contributed by atoms with Gasteiger partial charge in [0.05, 0.1) is 18.1 Å². The molecular weight excluding hydrogens is 194 g/mol. The van der Waals surface area contributed by atoms with Crippen molar-refractivity contribution in [3.05, 3.63) is 18.5 Å². The Hall–Kier alpha value is -1.20. The van der Waals surface area contributed by atoms with E-state index in [-0.39, 0.29) is 0 Å². The van der Waals surface area contributed by atoms with Gasteiger partial charge in [0.15, 0.2) is 0 Å². The van der Waals surface area contributed by atoms with Crippen molar-refractivity contribution in [1.82, 2.24) is 10.2 Å². The van der Waals surface area contributed by atoms with Gasteiger partial charge in [0, 0.05) is 20.1 Å². The van der Waals surface area contributed by atoms with Gasteiger partial charge in [-0.3, -0.25) is 0 Å². The molecule has 0 spiro atoms. The molecule has 0 amide bonds. The Bertz CT molecular complexity index is 273. The average molecular weight is 211 g/mol. The lowest BCUT2D eigenvalue weighted by Crippen LogP contribution is -2.41. The highest BCUT2D eigenvalue weighted by atomic mass is 16.7. The van der Waals surface area contributed by atoms with Crippen molar-refractivity contribution in [3.63, 3.8) is 0 Å². The van der Waals surface area contributed by atoms with Crippen molar-refractivity contribution in [3.8, 4) is 0 Å². The monoisotopic (exact) mass is 211 g/mol. The molecule has 1 N–H and O–H groups in total. The van der Waals surface area contributed by atoms with Crippen LogP contribution in [0.5, 0.6) is 0 Å². The molecule has 0 radical (unpaired) electrons. The second-order valence-corrected chi connectivity index (χ2v) is 3.07. The summed E-state index contributed by atoms with van der Waals surface area (Å²) in [5, 5.41) is 10.6. The summed E-state index contributed by atoms with van der Waals surface area (Å²) >= 11 is 0. The summed E-state index contributed by atoms with van der Waals surface area (Å²) in [6.07, 6.45) is 3.23. The first-order valence-electron chi connectivity index (χ1n) is 5.03. The number of nitrogens with one attached hydrogen (secondary N) is 1. The molecule has 0 aliphatic carbocycles. The van der Waals surface area contributed by atoms with Crippen molar-refractivity contribution >= 4 is 5.69 Å². The Morgan fingerprint density at radius 1 is 1.27 bits per heavy atom. The molecule has 15 heavy (non-hydrogen) atoms. The third-order valence-corrected chi connectivity index (χ3v) is 1.80. The molecule has 1 heterocycles. The number of anilines is 1. The van der Waals surface area contributed by atoms with E-state index < -0.39 is 5.91 Å². The average Bonchev–Trinajstić information content (AvgIpc) is 2.19. The van der Waals surface area contributed by atoms with E-state index in [1.807, 2.05) is 26.8 Å². The van der Waals surface area contributed by atoms with E-state index in [4.69, 9.17) is 9.47 Å². The highest BCUT2D eigenvalue weighted by Gasteiger charge is 2.24. The van der Waals surface area contributed by atoms with Crippen molar-refractivity contribution in [2.24, 2.45) is 0 Å². The molecule has 0 aliphatic heterocycles. The van der Waals surface area contributed by atoms with Crippen molar-refractivity contribution < 1.29 is 9.47 Å². The Balaban J connectivity index is 2.66. The minimum absolute atomic E-state index is 0.571. The molecule has 0 aliphatic rings. The molecular formula is C10H17N3O2. The van der Waals surface area contributed by atoms with Gasteiger partial charge in [-0.25, -0.2) is 0 Å². The lowest BCUT2D eigenvalue weighted by molar-refractivity contribution is -0.200. The Morgan fingerprint density at radius 3 is 2.40 bits per heavy atom. The van der Waals surface area contributed by atoms with E-state index in [2.05, 4.69) is 15.5 Å². The van der Waals surface area contributed by atoms with E-state index in [1.54, 1.807) is 12.4 Å². The minimum Gasteiger partial charge on any atom is -0.333 e. The van der Waals surface area contributed by atoms with Crippen LogP contribution in [-0.2, 0) is 9.47 Å². The molecule has 1 aromatic heterocycles. The summed E-state index contributed by atoms with van der Waals surface area (Å²) in [4.78, 5) is 0. The molecule has 0 saturated carbocycles. The maximum Gasteiger partial charge on any atom is 0.246 e. The summed E-state index contributed by atoms with van der Waals surface area (Å²) in [5.41, 5.74) is 0.814. The third-order valence-electron chi connectivity index (χ3n) is 1.80. The molecule has 1 rings (SSSR count). The van der Waals surface area contributed by atoms with Gasteiger partial charge in [-0.05, 0) is 19.9 Å². The van der Waals surface area contributed by atoms with Crippen molar-refractivity contribution in [2.75, 3.05) is 18.5 Å². The second-order valence-electron chi connectivity index (χ2n) is 3.07. The third kappa shape index (κ3) is 3.81. The number of aromatic nitrogens is 2. The Labute approximate surface area is 89.8 Å². The van der Waals surface area contributed by atoms with Crippen LogP contribution < -0.4 is 5.32 Å². The molecule has 0 bridgehead atoms. The predicted octanol–water partition coefficient (Wildman–Crippen LogP) is 1.64. The van der Waals surface area contributed by atoms with Gasteiger partial charge in [0.1, 0.15) is 0 Å². The Morgan fingerprint density at radius 2 is 1.93 bits per heavy atom. The lowest BCUT2D eigenvalue weighted by atomic mass is 10.4. The zero-order valence-corrected chi connectivity index (χ0v) is 9.36. The fourth-order valence-corrected chi connectivity index (χ4v) is 1.29. The molecule has 0 aromatic carbocycles. The Kier molecular flexibility index (Phi) is 4.45. The van der Waals surface area contributed by atoms with Crippen LogP contribution in [0.15, 0.2) is 18.5 Å². The van der Waals surface area contributed by atoms with E-state index in [0.717, 1.165) is 5.69 Å². The second kappa shape index (κ2) is 5.63. The number of nitrogens with zero attached hydrogens (tertiary/aromatic N) is 2. The minimum atomic E-state index is -0.813. The predicted molar refractivity (Wildman–Crippen MR) is 57.3 cm³/mol. The molecule has 5 nitrogen and oxygen atoms in total. The van der Waals surface area contributed by atoms with Crippen LogP contribution >= 0.6 is 0 Å². The van der Waals surface area contributed by atoms with E-state index >= 15 is 0 Å². The van der Waals surface area contributed by atoms with Crippen LogP contribution in [0.4, 0.5) is 5.69 Å². The van der Waals surface area contributed by atoms with Crippen LogP contribution in [0, 0.1) is 0 Å². The van der Waals surface area contributed by atoms with Gasteiger partial charge in [0.25, 0.3) is 0 Å². The number of rotatable bonds is 6. The number of ether oxygens (including phenoxy) is 2. The van der Waals surface area contributed by atoms with Gasteiger partial charge in [-0.2, -0.15) is 10.2 Å². The first-order chi connectivity index (χ1) is 7.20. The summed E-state index contributed by atoms with van der Waals surface area (Å²) in [6.45, 7) is 6.82. The maximum absolute atomic E-state index is 5.49. The molecule has 0 atom stereocenters. The summed E-state index contributed by atoms with van der Waals surface area (Å²) in [6, 6.07) is 1.81. The van der Waals surface area contributed by atoms with Crippen LogP contribution in [0.25, 0.3) is 0 Å². The smallest absolute Gasteiger partial charge is 0.246 e. The largest absolute Gasteiger partial charge is 0.333 e. The quantitative estimate of drug-likeness (QED) is 0.725. The van der Waals surface area contributed by atoms with Crippen LogP contribution in [-0.4, -0.2) is 29.3 Å². The summed E-state index contributed by atoms with van der Waals surface area (Å²) in [5.74, 6) is -0.813. The van der Waals surface area contributed by atoms with Gasteiger partial charge >= 0.3 is 0 Å². The van der Waals surface area contributed by atoms with Crippen molar-refractivity contribution in [2.45, 2.75) is 26.7 Å². The van der Waals surface area contributed by atoms with Gasteiger partial charge < -0.3 is 14.8 Å². The fourth-order valence-electron chi connectivity index (χ4n) is 1.29. The fraction of sp³-hybridized carbons (Fsp3) is 0.600. The molecule has 0 fully saturated rings. The van der Waals surface area contributed by atoms with E-state index in [9.17, 15) is 0 Å². The van der Waals surface area contributed by atoms with E-state index in [1.165, 1.54) is 0 Å². The SMILES string of the molecule is CCOC(C)(Nc1ccnnc1)OCC. The summed E-state index contributed by atoms with van der Waals surface area (Å²) < 4.78 is 11.0. The first-order valence-corrected chi connectivity index (χ1v) is 5.03. The van der Waals surface area contributed by atoms with Crippen molar-refractivity contribution in [1.29, 1.82) is 0 Å². The molecule has 84 valence electrons. The van der Waals surface area contributed by atoms with Gasteiger partial charge in [-0.1, -0.05) is 0 Å². The highest BCUT2D eigenvalue weighted by Crippen LogP contribution is 2.16. The van der Waals surface area contributed by atoms with Gasteiger partial charge in [-0.15, -0.1) is 0 Å². The molecule has 0 unspecified atom stereocenters. The van der Waals surface area contributed by atoms with Crippen LogP contribution in [0.2, 0.25) is 0 Å². The standard InChI is InChI=1S/C10H17N3O2/c1-4-14-10(3,15-5-2)13-9-6-7-11-12-8-9/h6-8H,4-5H2,1-3H3,(H,11,13). The van der Waals surface area contributed by atoms with Gasteiger partial charge in [0.2, 0.25) is 5.91 Å². The van der Waals surface area contributed by atoms with Crippen LogP contribution in [0.1, 0.15) is 20.8 Å². The molecule has 1 aromatic rings. The lowest BCUT2D eigenvalue weighted by Gasteiger charge is -2.30. The zero-order chi connectivity index (χ0) is 11.1. The zero-order valence-electron chi connectivity index (χ0n) is 9.36. The number of hydrogen-bond donors (Lipinski definition) is 1. The van der Waals surface area contributed by atoms with Crippen LogP contribution in [0.3, 0.4) is 0 Å².